The summed E-state index contributed by atoms with van der Waals surface area (Å²) in [5.41, 5.74) is 1.91. The molecule has 0 saturated heterocycles. The summed E-state index contributed by atoms with van der Waals surface area (Å²) in [5, 5.41) is 6.89. The van der Waals surface area contributed by atoms with Crippen LogP contribution in [0.15, 0.2) is 52.9 Å². The van der Waals surface area contributed by atoms with Gasteiger partial charge in [0.25, 0.3) is 10.7 Å². The summed E-state index contributed by atoms with van der Waals surface area (Å²) in [5.74, 6) is 0.202. The molecule has 0 atom stereocenters. The summed E-state index contributed by atoms with van der Waals surface area (Å²) < 4.78 is 17.0. The van der Waals surface area contributed by atoms with Crippen LogP contribution in [0.3, 0.4) is 0 Å². The summed E-state index contributed by atoms with van der Waals surface area (Å²) in [4.78, 5) is 23.8. The quantitative estimate of drug-likeness (QED) is 0.468. The Morgan fingerprint density at radius 3 is 2.59 bits per heavy atom. The number of anilines is 1. The Labute approximate surface area is 172 Å². The molecule has 1 N–H and O–H groups in total. The van der Waals surface area contributed by atoms with E-state index < -0.39 is 5.97 Å². The van der Waals surface area contributed by atoms with Crippen molar-refractivity contribution < 1.29 is 23.5 Å². The van der Waals surface area contributed by atoms with Crippen LogP contribution in [0.25, 0.3) is 0 Å². The summed E-state index contributed by atoms with van der Waals surface area (Å²) >= 11 is 5.12. The lowest BCUT2D eigenvalue weighted by molar-refractivity contribution is -0.117. The average molecular weight is 413 g/mol. The van der Waals surface area contributed by atoms with Crippen LogP contribution in [0.4, 0.5) is 5.69 Å². The van der Waals surface area contributed by atoms with Crippen molar-refractivity contribution in [2.24, 2.45) is 0 Å². The number of carbonyl (C=O) groups is 2. The number of benzene rings is 2. The molecule has 0 aliphatic carbocycles. The third kappa shape index (κ3) is 5.29. The number of hydrogen-bond donors (Lipinski definition) is 1. The predicted octanol–water partition coefficient (Wildman–Crippen LogP) is 3.52. The number of ether oxygens (including phenoxy) is 2. The van der Waals surface area contributed by atoms with Gasteiger partial charge in [0.05, 0.1) is 12.7 Å². The van der Waals surface area contributed by atoms with E-state index in [0.29, 0.717) is 11.3 Å². The van der Waals surface area contributed by atoms with Crippen LogP contribution in [-0.4, -0.2) is 28.8 Å². The third-order valence-corrected chi connectivity index (χ3v) is 4.27. The smallest absolute Gasteiger partial charge is 0.337 e. The Hall–Kier alpha value is -3.46. The first-order chi connectivity index (χ1) is 14.0. The lowest BCUT2D eigenvalue weighted by Crippen LogP contribution is -2.19. The number of rotatable bonds is 7. The molecule has 3 aromatic rings. The molecule has 0 fully saturated rings. The molecule has 9 heteroatoms. The maximum atomic E-state index is 12.3. The minimum absolute atomic E-state index is 0.0737. The molecule has 1 heterocycles. The Morgan fingerprint density at radius 2 is 1.90 bits per heavy atom. The van der Waals surface area contributed by atoms with Gasteiger partial charge in [-0.3, -0.25) is 4.79 Å². The maximum absolute atomic E-state index is 12.3. The van der Waals surface area contributed by atoms with Crippen LogP contribution >= 0.6 is 12.2 Å². The van der Waals surface area contributed by atoms with Crippen molar-refractivity contribution in [1.29, 1.82) is 0 Å². The zero-order valence-electron chi connectivity index (χ0n) is 15.9. The minimum Gasteiger partial charge on any atom is -0.484 e. The number of aryl methyl sites for hydroxylation is 1. The van der Waals surface area contributed by atoms with Gasteiger partial charge in [-0.15, -0.1) is 5.10 Å². The highest BCUT2D eigenvalue weighted by Crippen LogP contribution is 2.17. The van der Waals surface area contributed by atoms with Crippen LogP contribution < -0.4 is 10.1 Å². The highest BCUT2D eigenvalue weighted by molar-refractivity contribution is 7.71. The van der Waals surface area contributed by atoms with Crippen molar-refractivity contribution in [3.8, 4) is 5.75 Å². The topological polar surface area (TPSA) is 95.6 Å². The van der Waals surface area contributed by atoms with E-state index in [2.05, 4.69) is 15.2 Å². The third-order valence-electron chi connectivity index (χ3n) is 3.98. The molecule has 3 rings (SSSR count). The zero-order chi connectivity index (χ0) is 20.8. The summed E-state index contributed by atoms with van der Waals surface area (Å²) in [7, 11) is 1.31. The number of hydrogen-bond acceptors (Lipinski definition) is 7. The van der Waals surface area contributed by atoms with Crippen LogP contribution in [0, 0.1) is 11.8 Å². The van der Waals surface area contributed by atoms with E-state index in [1.54, 1.807) is 24.3 Å². The highest BCUT2D eigenvalue weighted by Gasteiger charge is 2.12. The average Bonchev–Trinajstić information content (AvgIpc) is 3.06. The van der Waals surface area contributed by atoms with Crippen molar-refractivity contribution >= 4 is 29.8 Å². The molecule has 0 aliphatic heterocycles. The molecule has 0 bridgehead atoms. The van der Waals surface area contributed by atoms with Gasteiger partial charge in [0.1, 0.15) is 12.3 Å². The highest BCUT2D eigenvalue weighted by atomic mass is 32.1. The van der Waals surface area contributed by atoms with Crippen molar-refractivity contribution in [3.63, 3.8) is 0 Å². The first-order valence-electron chi connectivity index (χ1n) is 8.70. The molecule has 0 radical (unpaired) electrons. The van der Waals surface area contributed by atoms with E-state index in [1.807, 2.05) is 31.2 Å². The van der Waals surface area contributed by atoms with Gasteiger partial charge in [0, 0.05) is 5.69 Å². The summed E-state index contributed by atoms with van der Waals surface area (Å²) in [6, 6.07) is 13.9. The fraction of sp³-hybridized carbons (Fsp3) is 0.200. The van der Waals surface area contributed by atoms with Crippen molar-refractivity contribution in [2.75, 3.05) is 12.4 Å². The second kappa shape index (κ2) is 9.16. The van der Waals surface area contributed by atoms with E-state index >= 15 is 0 Å². The second-order valence-corrected chi connectivity index (χ2v) is 6.44. The standard InChI is InChI=1S/C20H19N3O5S/c1-13-5-3-4-6-16(13)27-12-18-22-23(20(29)28-18)11-17(24)21-15-9-7-14(8-10-15)19(25)26-2/h3-10H,11-12H2,1-2H3,(H,21,24). The first-order valence-corrected chi connectivity index (χ1v) is 9.10. The molecule has 8 nitrogen and oxygen atoms in total. The minimum atomic E-state index is -0.447. The Balaban J connectivity index is 1.59. The summed E-state index contributed by atoms with van der Waals surface area (Å²) in [6.45, 7) is 1.91. The fourth-order valence-electron chi connectivity index (χ4n) is 2.51. The van der Waals surface area contributed by atoms with Crippen molar-refractivity contribution in [3.05, 3.63) is 70.4 Å². The van der Waals surface area contributed by atoms with Crippen molar-refractivity contribution in [2.45, 2.75) is 20.1 Å². The molecule has 0 unspecified atom stereocenters. The maximum Gasteiger partial charge on any atom is 0.337 e. The van der Waals surface area contributed by atoms with Crippen LogP contribution in [0.1, 0.15) is 21.8 Å². The molecular formula is C20H19N3O5S. The van der Waals surface area contributed by atoms with Gasteiger partial charge in [0.2, 0.25) is 5.91 Å². The number of methoxy groups -OCH3 is 1. The molecule has 0 aliphatic rings. The number of para-hydroxylation sites is 1. The van der Waals surface area contributed by atoms with E-state index in [4.69, 9.17) is 21.4 Å². The zero-order valence-corrected chi connectivity index (χ0v) is 16.7. The Kier molecular flexibility index (Phi) is 6.40. The molecular weight excluding hydrogens is 394 g/mol. The van der Waals surface area contributed by atoms with Crippen LogP contribution in [-0.2, 0) is 22.7 Å². The molecule has 1 aromatic heterocycles. The number of carbonyl (C=O) groups excluding carboxylic acids is 2. The van der Waals surface area contributed by atoms with Gasteiger partial charge in [-0.1, -0.05) is 18.2 Å². The number of amides is 1. The normalized spacial score (nSPS) is 10.4. The second-order valence-electron chi connectivity index (χ2n) is 6.09. The lowest BCUT2D eigenvalue weighted by Gasteiger charge is -2.06. The fourth-order valence-corrected chi connectivity index (χ4v) is 2.71. The Morgan fingerprint density at radius 1 is 1.17 bits per heavy atom. The van der Waals surface area contributed by atoms with Crippen LogP contribution in [0.2, 0.25) is 0 Å². The molecule has 0 saturated carbocycles. The predicted molar refractivity (Wildman–Crippen MR) is 107 cm³/mol. The number of nitrogens with zero attached hydrogens (tertiary/aromatic N) is 2. The monoisotopic (exact) mass is 413 g/mol. The van der Waals surface area contributed by atoms with Gasteiger partial charge in [-0.25, -0.2) is 9.48 Å². The van der Waals surface area contributed by atoms with Gasteiger partial charge >= 0.3 is 5.97 Å². The number of aromatic nitrogens is 2. The van der Waals surface area contributed by atoms with E-state index in [9.17, 15) is 9.59 Å². The largest absolute Gasteiger partial charge is 0.484 e. The lowest BCUT2D eigenvalue weighted by atomic mass is 10.2. The molecule has 29 heavy (non-hydrogen) atoms. The number of esters is 1. The van der Waals surface area contributed by atoms with E-state index in [0.717, 1.165) is 11.3 Å². The van der Waals surface area contributed by atoms with Gasteiger partial charge < -0.3 is 19.2 Å². The van der Waals surface area contributed by atoms with Gasteiger partial charge in [-0.05, 0) is 55.0 Å². The van der Waals surface area contributed by atoms with Crippen LogP contribution in [0.5, 0.6) is 5.75 Å². The van der Waals surface area contributed by atoms with Crippen molar-refractivity contribution in [1.82, 2.24) is 9.78 Å². The summed E-state index contributed by atoms with van der Waals surface area (Å²) in [6.07, 6.45) is 0. The van der Waals surface area contributed by atoms with E-state index in [-0.39, 0.29) is 29.8 Å². The molecule has 2 aromatic carbocycles. The molecule has 0 spiro atoms. The van der Waals surface area contributed by atoms with Gasteiger partial charge in [0.15, 0.2) is 6.61 Å². The molecule has 150 valence electrons. The number of nitrogens with one attached hydrogen (secondary N) is 1. The van der Waals surface area contributed by atoms with E-state index in [1.165, 1.54) is 11.8 Å². The first kappa shape index (κ1) is 20.3. The molecule has 1 amide bonds. The Bertz CT molecular complexity index is 1070. The van der Waals surface area contributed by atoms with Gasteiger partial charge in [-0.2, -0.15) is 0 Å². The SMILES string of the molecule is COC(=O)c1ccc(NC(=O)Cn2nc(COc3ccccc3C)oc2=S)cc1.